The van der Waals surface area contributed by atoms with Gasteiger partial charge in [0.15, 0.2) is 0 Å². The van der Waals surface area contributed by atoms with Gasteiger partial charge in [-0.05, 0) is 94.9 Å². The molecular weight excluding hydrogens is 480 g/mol. The molecule has 0 fully saturated rings. The Morgan fingerprint density at radius 2 is 0.625 bits per heavy atom. The predicted molar refractivity (Wildman–Crippen MR) is 186 cm³/mol. The largest absolute Gasteiger partial charge is 0.0856 e. The average Bonchev–Trinajstić information content (AvgIpc) is 2.86. The minimum Gasteiger partial charge on any atom is -0.0856 e. The molecule has 0 amide bonds. The number of hydrogen-bond donors (Lipinski definition) is 0. The lowest BCUT2D eigenvalue weighted by molar-refractivity contribution is 0.967. The Hall–Kier alpha value is -3.38. The van der Waals surface area contributed by atoms with E-state index in [1.54, 1.807) is 0 Å². The van der Waals surface area contributed by atoms with Crippen LogP contribution in [0.1, 0.15) is 94.9 Å². The monoisotopic (exact) mass is 536 g/mol. The highest BCUT2D eigenvalue weighted by atomic mass is 13.9. The molecule has 0 aliphatic rings. The topological polar surface area (TPSA) is 0 Å². The van der Waals surface area contributed by atoms with E-state index in [1.807, 2.05) is 0 Å². The van der Waals surface area contributed by atoms with Gasteiger partial charge in [-0.15, -0.1) is 0 Å². The quantitative estimate of drug-likeness (QED) is 0.136. The summed E-state index contributed by atoms with van der Waals surface area (Å²) in [6.07, 6.45) is 43.3. The van der Waals surface area contributed by atoms with Crippen molar-refractivity contribution in [2.45, 2.75) is 94.9 Å². The standard InChI is InChI=1S/C40H56/c1-33(2)19-13-23-37(7)27-17-31-39(9)29-15-25-35(5)21-11-12-22-36(6)26-16-30-40(10)32-18-28-38(8)24-14-20-34(3)4/h11-12,15-22,25-32H,13-14,23-24H2,1-10H3/b12-11+,25-15+,26-16+,31-17+,32-18+,35-21+,36-22+,37-27-,38-28+,39-29+,40-30-. The Balaban J connectivity index is 4.70. The highest BCUT2D eigenvalue weighted by molar-refractivity contribution is 5.32. The van der Waals surface area contributed by atoms with Crippen molar-refractivity contribution in [2.24, 2.45) is 0 Å². The molecule has 0 aliphatic heterocycles. The fraction of sp³-hybridized carbons (Fsp3) is 0.350. The third-order valence-corrected chi connectivity index (χ3v) is 5.93. The van der Waals surface area contributed by atoms with Crippen LogP contribution in [0.3, 0.4) is 0 Å². The van der Waals surface area contributed by atoms with Crippen LogP contribution in [0.25, 0.3) is 0 Å². The van der Waals surface area contributed by atoms with Crippen LogP contribution >= 0.6 is 0 Å². The smallest absolute Gasteiger partial charge is 0.0285 e. The van der Waals surface area contributed by atoms with Gasteiger partial charge in [-0.2, -0.15) is 0 Å². The van der Waals surface area contributed by atoms with E-state index in [1.165, 1.54) is 44.6 Å². The van der Waals surface area contributed by atoms with Crippen LogP contribution in [0.15, 0.2) is 154 Å². The Morgan fingerprint density at radius 3 is 0.925 bits per heavy atom. The lowest BCUT2D eigenvalue weighted by Gasteiger charge is -1.96. The van der Waals surface area contributed by atoms with E-state index in [2.05, 4.69) is 179 Å². The van der Waals surface area contributed by atoms with Crippen LogP contribution < -0.4 is 0 Å². The van der Waals surface area contributed by atoms with Gasteiger partial charge in [0.2, 0.25) is 0 Å². The maximum atomic E-state index is 2.30. The molecular formula is C40H56. The molecule has 216 valence electrons. The molecule has 0 atom stereocenters. The van der Waals surface area contributed by atoms with Crippen molar-refractivity contribution in [1.82, 2.24) is 0 Å². The molecule has 0 bridgehead atoms. The van der Waals surface area contributed by atoms with E-state index in [-0.39, 0.29) is 0 Å². The van der Waals surface area contributed by atoms with Crippen molar-refractivity contribution in [1.29, 1.82) is 0 Å². The normalized spacial score (nSPS) is 15.1. The molecule has 0 spiro atoms. The van der Waals surface area contributed by atoms with Crippen LogP contribution in [0, 0.1) is 0 Å². The van der Waals surface area contributed by atoms with Gasteiger partial charge in [0.1, 0.15) is 0 Å². The third kappa shape index (κ3) is 24.9. The first-order valence-corrected chi connectivity index (χ1v) is 14.7. The molecule has 0 aromatic heterocycles. The second-order valence-corrected chi connectivity index (χ2v) is 11.1. The minimum absolute atomic E-state index is 1.12. The molecule has 0 aromatic rings. The maximum Gasteiger partial charge on any atom is -0.0285 e. The van der Waals surface area contributed by atoms with Gasteiger partial charge in [0, 0.05) is 0 Å². The van der Waals surface area contributed by atoms with Gasteiger partial charge in [-0.3, -0.25) is 0 Å². The first-order valence-electron chi connectivity index (χ1n) is 14.7. The number of allylic oxidation sites excluding steroid dienone is 26. The lowest BCUT2D eigenvalue weighted by atomic mass is 10.1. The van der Waals surface area contributed by atoms with Crippen molar-refractivity contribution >= 4 is 0 Å². The summed E-state index contributed by atoms with van der Waals surface area (Å²) in [5, 5.41) is 0. The van der Waals surface area contributed by atoms with E-state index in [9.17, 15) is 0 Å². The first-order chi connectivity index (χ1) is 19.0. The summed E-state index contributed by atoms with van der Waals surface area (Å²) in [4.78, 5) is 0. The summed E-state index contributed by atoms with van der Waals surface area (Å²) in [5.74, 6) is 0. The van der Waals surface area contributed by atoms with E-state index in [4.69, 9.17) is 0 Å². The Kier molecular flexibility index (Phi) is 21.5. The molecule has 0 nitrogen and oxygen atoms in total. The van der Waals surface area contributed by atoms with Gasteiger partial charge in [0.25, 0.3) is 0 Å². The van der Waals surface area contributed by atoms with E-state index >= 15 is 0 Å². The summed E-state index contributed by atoms with van der Waals surface area (Å²) >= 11 is 0. The highest BCUT2D eigenvalue weighted by Gasteiger charge is 1.88. The molecule has 0 heterocycles. The van der Waals surface area contributed by atoms with Crippen molar-refractivity contribution in [3.05, 3.63) is 154 Å². The van der Waals surface area contributed by atoms with E-state index in [0.29, 0.717) is 0 Å². The van der Waals surface area contributed by atoms with Crippen LogP contribution in [0.4, 0.5) is 0 Å². The molecule has 0 rings (SSSR count). The van der Waals surface area contributed by atoms with Gasteiger partial charge >= 0.3 is 0 Å². The third-order valence-electron chi connectivity index (χ3n) is 5.93. The Bertz CT molecular complexity index is 1050. The van der Waals surface area contributed by atoms with Gasteiger partial charge in [0.05, 0.1) is 0 Å². The summed E-state index contributed by atoms with van der Waals surface area (Å²) < 4.78 is 0. The fourth-order valence-corrected chi connectivity index (χ4v) is 3.41. The molecule has 0 radical (unpaired) electrons. The maximum absolute atomic E-state index is 2.30. The van der Waals surface area contributed by atoms with E-state index < -0.39 is 0 Å². The van der Waals surface area contributed by atoms with Crippen molar-refractivity contribution in [3.63, 3.8) is 0 Å². The van der Waals surface area contributed by atoms with Crippen LogP contribution in [0.2, 0.25) is 0 Å². The zero-order valence-corrected chi connectivity index (χ0v) is 27.2. The summed E-state index contributed by atoms with van der Waals surface area (Å²) in [6.45, 7) is 21.5. The second kappa shape index (κ2) is 23.5. The first kappa shape index (κ1) is 36.6. The molecule has 40 heavy (non-hydrogen) atoms. The molecule has 0 aliphatic carbocycles. The van der Waals surface area contributed by atoms with Crippen LogP contribution in [0.5, 0.6) is 0 Å². The van der Waals surface area contributed by atoms with Crippen molar-refractivity contribution < 1.29 is 0 Å². The molecule has 0 saturated heterocycles. The summed E-state index contributed by atoms with van der Waals surface area (Å²) in [6, 6.07) is 0. The highest BCUT2D eigenvalue weighted by Crippen LogP contribution is 2.09. The Morgan fingerprint density at radius 1 is 0.350 bits per heavy atom. The minimum atomic E-state index is 1.12. The fourth-order valence-electron chi connectivity index (χ4n) is 3.41. The van der Waals surface area contributed by atoms with Gasteiger partial charge in [-0.25, -0.2) is 0 Å². The summed E-state index contributed by atoms with van der Waals surface area (Å²) in [7, 11) is 0. The summed E-state index contributed by atoms with van der Waals surface area (Å²) in [5.41, 5.74) is 10.5. The average molecular weight is 537 g/mol. The van der Waals surface area contributed by atoms with Gasteiger partial charge < -0.3 is 0 Å². The number of rotatable bonds is 16. The van der Waals surface area contributed by atoms with Crippen LogP contribution in [-0.4, -0.2) is 0 Å². The predicted octanol–water partition coefficient (Wildman–Crippen LogP) is 12.9. The molecule has 0 unspecified atom stereocenters. The van der Waals surface area contributed by atoms with Crippen molar-refractivity contribution in [2.75, 3.05) is 0 Å². The Labute approximate surface area is 248 Å². The zero-order chi connectivity index (χ0) is 30.2. The second-order valence-electron chi connectivity index (χ2n) is 11.1. The van der Waals surface area contributed by atoms with Crippen LogP contribution in [-0.2, 0) is 0 Å². The molecule has 0 aromatic carbocycles. The van der Waals surface area contributed by atoms with E-state index in [0.717, 1.165) is 25.7 Å². The molecule has 0 heteroatoms. The van der Waals surface area contributed by atoms with Crippen molar-refractivity contribution in [3.8, 4) is 0 Å². The SMILES string of the molecule is CC(C)=CCC\C(C)=C/C=C/C(C)=C/C=C/C(C)=C/C=C/C=C(C)/C=C/C=C(C)\C=C\C=C(/C)CCC=C(C)C. The molecule has 0 N–H and O–H groups in total. The lowest BCUT2D eigenvalue weighted by Crippen LogP contribution is -1.76. The molecule has 0 saturated carbocycles. The number of hydrogen-bond acceptors (Lipinski definition) is 0. The zero-order valence-electron chi connectivity index (χ0n) is 27.2. The van der Waals surface area contributed by atoms with Gasteiger partial charge in [-0.1, -0.05) is 154 Å².